The second-order valence-corrected chi connectivity index (χ2v) is 13.9. The summed E-state index contributed by atoms with van der Waals surface area (Å²) in [5.41, 5.74) is -2.29. The zero-order valence-corrected chi connectivity index (χ0v) is 26.2. The highest BCUT2D eigenvalue weighted by Crippen LogP contribution is 2.56. The second-order valence-electron chi connectivity index (χ2n) is 13.9. The molecule has 0 aliphatic carbocycles. The van der Waals surface area contributed by atoms with Crippen LogP contribution in [0, 0.1) is 0 Å². The molecule has 0 aromatic rings. The summed E-state index contributed by atoms with van der Waals surface area (Å²) in [6.07, 6.45) is -13.3. The zero-order valence-electron chi connectivity index (χ0n) is 26.2. The van der Waals surface area contributed by atoms with E-state index in [9.17, 15) is 39.5 Å². The van der Waals surface area contributed by atoms with Gasteiger partial charge in [-0.15, -0.1) is 0 Å². The molecule has 0 N–H and O–H groups in total. The molecule has 0 spiro atoms. The van der Waals surface area contributed by atoms with Crippen molar-refractivity contribution in [1.82, 2.24) is 0 Å². The lowest BCUT2D eigenvalue weighted by Gasteiger charge is -2.35. The molecule has 0 aromatic heterocycles. The number of halogens is 9. The van der Waals surface area contributed by atoms with Crippen molar-refractivity contribution in [3.8, 4) is 0 Å². The number of alkyl halides is 9. The van der Waals surface area contributed by atoms with Crippen LogP contribution in [0.25, 0.3) is 0 Å². The molecule has 4 saturated heterocycles. The van der Waals surface area contributed by atoms with Crippen LogP contribution >= 0.6 is 0 Å². The van der Waals surface area contributed by atoms with Crippen LogP contribution in [0.4, 0.5) is 39.5 Å². The largest absolute Gasteiger partial charge is 0.461 e. The lowest BCUT2D eigenvalue weighted by molar-refractivity contribution is -0.396. The molecule has 0 saturated carbocycles. The molecule has 262 valence electrons. The van der Waals surface area contributed by atoms with E-state index in [0.717, 1.165) is 0 Å². The van der Waals surface area contributed by atoms with Gasteiger partial charge in [-0.05, 0) is 74.0 Å². The highest BCUT2D eigenvalue weighted by atomic mass is 19.4. The van der Waals surface area contributed by atoms with Crippen molar-refractivity contribution in [2.24, 2.45) is 0 Å². The van der Waals surface area contributed by atoms with Crippen LogP contribution in [0.5, 0.6) is 0 Å². The first-order chi connectivity index (χ1) is 20.1. The monoisotopic (exact) mass is 674 g/mol. The van der Waals surface area contributed by atoms with Crippen LogP contribution < -0.4 is 0 Å². The number of ether oxygens (including phenoxy) is 6. The quantitative estimate of drug-likeness (QED) is 0.140. The van der Waals surface area contributed by atoms with Gasteiger partial charge < -0.3 is 37.7 Å². The first kappa shape index (κ1) is 36.9. The average Bonchev–Trinajstić information content (AvgIpc) is 3.52. The predicted molar refractivity (Wildman–Crippen MR) is 138 cm³/mol. The van der Waals surface area contributed by atoms with Crippen LogP contribution in [0.2, 0.25) is 5.82 Å². The molecule has 1 unspecified atom stereocenters. The molecule has 4 fully saturated rings. The lowest BCUT2D eigenvalue weighted by Crippen LogP contribution is -2.61. The molecule has 18 heteroatoms. The Bertz CT molecular complexity index is 1060. The van der Waals surface area contributed by atoms with Crippen molar-refractivity contribution in [1.29, 1.82) is 0 Å². The molecular weight excluding hydrogens is 634 g/mol. The average molecular weight is 674 g/mol. The van der Waals surface area contributed by atoms with Crippen molar-refractivity contribution in [2.45, 2.75) is 158 Å². The van der Waals surface area contributed by atoms with Gasteiger partial charge in [0, 0.05) is 13.0 Å². The summed E-state index contributed by atoms with van der Waals surface area (Å²) >= 11 is 0. The Morgan fingerprint density at radius 3 is 1.84 bits per heavy atom. The van der Waals surface area contributed by atoms with E-state index in [2.05, 4.69) is 0 Å². The molecule has 0 aromatic carbocycles. The van der Waals surface area contributed by atoms with E-state index in [4.69, 9.17) is 37.7 Å². The minimum atomic E-state index is -7.00. The normalized spacial score (nSPS) is 33.5. The Kier molecular flexibility index (Phi) is 9.54. The fourth-order valence-electron chi connectivity index (χ4n) is 5.72. The molecule has 4 aliphatic rings. The highest BCUT2D eigenvalue weighted by molar-refractivity contribution is 6.47. The standard InChI is InChI=1S/C27H40BF9O8/c1-20(2)21(3,4)45-28(44-20)14(12-24(29,30)25(31,32)26(33,34)27(35,36)37)10-9-11-38-17-16(15-13-39-22(5,6)41-15)40-19-18(17)42-23(7,8)43-19/h14-19H,9-13H2,1-8H3/t14?,15-,16-,17+,18-,19-/m0/s1. The summed E-state index contributed by atoms with van der Waals surface area (Å²) in [4.78, 5) is 0. The molecule has 0 radical (unpaired) electrons. The van der Waals surface area contributed by atoms with Gasteiger partial charge in [0.05, 0.1) is 17.8 Å². The fourth-order valence-corrected chi connectivity index (χ4v) is 5.72. The van der Waals surface area contributed by atoms with Gasteiger partial charge in [-0.1, -0.05) is 0 Å². The van der Waals surface area contributed by atoms with Crippen LogP contribution in [-0.4, -0.2) is 97.8 Å². The molecule has 6 atom stereocenters. The highest BCUT2D eigenvalue weighted by Gasteiger charge is 2.81. The van der Waals surface area contributed by atoms with Gasteiger partial charge in [0.1, 0.15) is 24.4 Å². The van der Waals surface area contributed by atoms with Crippen LogP contribution in [-0.2, 0) is 37.7 Å². The van der Waals surface area contributed by atoms with Crippen molar-refractivity contribution >= 4 is 7.12 Å². The predicted octanol–water partition coefficient (Wildman–Crippen LogP) is 6.50. The van der Waals surface area contributed by atoms with Crippen molar-refractivity contribution < 1.29 is 77.2 Å². The summed E-state index contributed by atoms with van der Waals surface area (Å²) in [7, 11) is -1.62. The third-order valence-corrected chi connectivity index (χ3v) is 8.84. The Morgan fingerprint density at radius 2 is 1.33 bits per heavy atom. The summed E-state index contributed by atoms with van der Waals surface area (Å²) in [6, 6.07) is 0. The number of fused-ring (bicyclic) bond motifs is 1. The molecule has 45 heavy (non-hydrogen) atoms. The van der Waals surface area contributed by atoms with E-state index in [-0.39, 0.29) is 19.6 Å². The topological polar surface area (TPSA) is 73.8 Å². The molecule has 4 heterocycles. The first-order valence-corrected chi connectivity index (χ1v) is 14.6. The van der Waals surface area contributed by atoms with Gasteiger partial charge in [-0.25, -0.2) is 0 Å². The van der Waals surface area contributed by atoms with Gasteiger partial charge in [0.2, 0.25) is 0 Å². The van der Waals surface area contributed by atoms with Crippen LogP contribution in [0.1, 0.15) is 74.7 Å². The second kappa shape index (κ2) is 11.6. The van der Waals surface area contributed by atoms with E-state index in [1.54, 1.807) is 27.7 Å². The maximum atomic E-state index is 14.8. The third-order valence-electron chi connectivity index (χ3n) is 8.84. The first-order valence-electron chi connectivity index (χ1n) is 14.6. The summed E-state index contributed by atoms with van der Waals surface area (Å²) in [5, 5.41) is 0. The Balaban J connectivity index is 1.49. The van der Waals surface area contributed by atoms with Crippen LogP contribution in [0.15, 0.2) is 0 Å². The molecule has 0 amide bonds. The zero-order chi connectivity index (χ0) is 34.2. The van der Waals surface area contributed by atoms with Crippen molar-refractivity contribution in [3.63, 3.8) is 0 Å². The van der Waals surface area contributed by atoms with Crippen molar-refractivity contribution in [3.05, 3.63) is 0 Å². The molecule has 4 rings (SSSR count). The van der Waals surface area contributed by atoms with E-state index >= 15 is 0 Å². The van der Waals surface area contributed by atoms with E-state index in [1.165, 1.54) is 27.7 Å². The van der Waals surface area contributed by atoms with Gasteiger partial charge >= 0.3 is 31.1 Å². The van der Waals surface area contributed by atoms with Crippen molar-refractivity contribution in [2.75, 3.05) is 13.2 Å². The van der Waals surface area contributed by atoms with E-state index < -0.39 is 103 Å². The Labute approximate surface area is 255 Å². The maximum Gasteiger partial charge on any atom is 0.461 e. The number of hydrogen-bond acceptors (Lipinski definition) is 8. The molecule has 4 aliphatic heterocycles. The summed E-state index contributed by atoms with van der Waals surface area (Å²) in [5.74, 6) is -23.2. The van der Waals surface area contributed by atoms with Gasteiger partial charge in [0.15, 0.2) is 17.9 Å². The third kappa shape index (κ3) is 6.99. The maximum absolute atomic E-state index is 14.8. The van der Waals surface area contributed by atoms with E-state index in [0.29, 0.717) is 0 Å². The van der Waals surface area contributed by atoms with Gasteiger partial charge in [-0.2, -0.15) is 39.5 Å². The minimum Gasteiger partial charge on any atom is -0.403 e. The van der Waals surface area contributed by atoms with Gasteiger partial charge in [-0.3, -0.25) is 0 Å². The SMILES string of the molecule is CC1(C)O[C@@H]2O[C@@H]([C@@H]3COC(C)(C)O3)[C@@H](OCCCC(CC(F)(F)C(F)(F)C(F)(F)C(F)(F)F)B3OC(C)(C)C(C)(C)O3)[C@@H]2O1. The molecule has 8 nitrogen and oxygen atoms in total. The number of rotatable bonds is 11. The summed E-state index contributed by atoms with van der Waals surface area (Å²) in [6.45, 7) is 12.8. The molecule has 0 bridgehead atoms. The molecular formula is C27H40BF9O8. The smallest absolute Gasteiger partial charge is 0.403 e. The van der Waals surface area contributed by atoms with E-state index in [1.807, 2.05) is 0 Å². The Morgan fingerprint density at radius 1 is 0.756 bits per heavy atom. The van der Waals surface area contributed by atoms with Crippen LogP contribution in [0.3, 0.4) is 0 Å². The fraction of sp³-hybridized carbons (Fsp3) is 1.00. The minimum absolute atomic E-state index is 0.134. The Hall–Kier alpha value is -0.885. The lowest BCUT2D eigenvalue weighted by atomic mass is 9.66. The summed E-state index contributed by atoms with van der Waals surface area (Å²) < 4.78 is 170. The number of hydrogen-bond donors (Lipinski definition) is 0. The van der Waals surface area contributed by atoms with Gasteiger partial charge in [0.25, 0.3) is 0 Å².